The Balaban J connectivity index is 1.48. The zero-order valence-corrected chi connectivity index (χ0v) is 15.9. The number of benzene rings is 1. The van der Waals surface area contributed by atoms with E-state index in [0.29, 0.717) is 18.3 Å². The van der Waals surface area contributed by atoms with Crippen LogP contribution in [0.25, 0.3) is 0 Å². The van der Waals surface area contributed by atoms with E-state index in [1.165, 1.54) is 25.7 Å². The summed E-state index contributed by atoms with van der Waals surface area (Å²) in [7, 11) is 0. The van der Waals surface area contributed by atoms with E-state index in [1.54, 1.807) is 12.4 Å². The minimum Gasteiger partial charge on any atom is -0.342 e. The summed E-state index contributed by atoms with van der Waals surface area (Å²) in [5, 5.41) is 15.8. The minimum atomic E-state index is -0.208. The van der Waals surface area contributed by atoms with Gasteiger partial charge in [0.2, 0.25) is 0 Å². The van der Waals surface area contributed by atoms with Crippen LogP contribution in [0.4, 0.5) is 0 Å². The third-order valence-electron chi connectivity index (χ3n) is 5.38. The lowest BCUT2D eigenvalue weighted by Gasteiger charge is -2.18. The van der Waals surface area contributed by atoms with Gasteiger partial charge in [-0.25, -0.2) is 4.68 Å². The average Bonchev–Trinajstić information content (AvgIpc) is 3.35. The van der Waals surface area contributed by atoms with E-state index in [1.807, 2.05) is 52.0 Å². The first-order valence-electron chi connectivity index (χ1n) is 10.0. The summed E-state index contributed by atoms with van der Waals surface area (Å²) in [6, 6.07) is 12.0. The van der Waals surface area contributed by atoms with Crippen molar-refractivity contribution in [1.82, 2.24) is 30.1 Å². The fourth-order valence-corrected chi connectivity index (χ4v) is 3.83. The highest BCUT2D eigenvalue weighted by atomic mass is 16.2. The summed E-state index contributed by atoms with van der Waals surface area (Å²) < 4.78 is 3.70. The van der Waals surface area contributed by atoms with Crippen molar-refractivity contribution in [3.8, 4) is 0 Å². The largest absolute Gasteiger partial charge is 0.342 e. The van der Waals surface area contributed by atoms with E-state index in [4.69, 9.17) is 0 Å². The summed E-state index contributed by atoms with van der Waals surface area (Å²) in [4.78, 5) is 12.9. The Labute approximate surface area is 164 Å². The molecule has 1 fully saturated rings. The predicted octanol–water partition coefficient (Wildman–Crippen LogP) is 3.54. The topological polar surface area (TPSA) is 77.6 Å². The van der Waals surface area contributed by atoms with Crippen LogP contribution in [0.2, 0.25) is 0 Å². The van der Waals surface area contributed by atoms with E-state index in [2.05, 4.69) is 20.7 Å². The maximum atomic E-state index is 12.9. The lowest BCUT2D eigenvalue weighted by atomic mass is 10.1. The monoisotopic (exact) mass is 378 g/mol. The van der Waals surface area contributed by atoms with E-state index in [-0.39, 0.29) is 11.9 Å². The molecule has 1 atom stereocenters. The molecule has 146 valence electrons. The molecule has 0 bridgehead atoms. The van der Waals surface area contributed by atoms with Crippen molar-refractivity contribution >= 4 is 5.91 Å². The van der Waals surface area contributed by atoms with Crippen molar-refractivity contribution < 1.29 is 4.79 Å². The normalized spacial score (nSPS) is 16.4. The number of nitrogens with zero attached hydrogens (tertiary/aromatic N) is 5. The molecule has 2 aromatic heterocycles. The Morgan fingerprint density at radius 2 is 1.89 bits per heavy atom. The molecule has 28 heavy (non-hydrogen) atoms. The van der Waals surface area contributed by atoms with Gasteiger partial charge < -0.3 is 5.32 Å². The van der Waals surface area contributed by atoms with Crippen LogP contribution >= 0.6 is 0 Å². The van der Waals surface area contributed by atoms with Gasteiger partial charge >= 0.3 is 0 Å². The Morgan fingerprint density at radius 3 is 2.61 bits per heavy atom. The molecule has 7 nitrogen and oxygen atoms in total. The van der Waals surface area contributed by atoms with Gasteiger partial charge in [-0.2, -0.15) is 5.10 Å². The SMILES string of the molecule is O=C(NC(Cn1cccn1)c1ccccc1)c1cn(C2CCCCCC2)nn1. The molecule has 1 aromatic carbocycles. The highest BCUT2D eigenvalue weighted by Gasteiger charge is 2.21. The molecule has 0 aliphatic heterocycles. The maximum absolute atomic E-state index is 12.9. The van der Waals surface area contributed by atoms with Gasteiger partial charge in [0.05, 0.1) is 24.8 Å². The van der Waals surface area contributed by atoms with Crippen LogP contribution in [0.15, 0.2) is 55.0 Å². The van der Waals surface area contributed by atoms with E-state index in [9.17, 15) is 4.79 Å². The fraction of sp³-hybridized carbons (Fsp3) is 0.429. The Morgan fingerprint density at radius 1 is 1.11 bits per heavy atom. The Kier molecular flexibility index (Phi) is 5.80. The number of carbonyl (C=O) groups excluding carboxylic acids is 1. The van der Waals surface area contributed by atoms with Crippen LogP contribution in [0, 0.1) is 0 Å². The molecule has 1 unspecified atom stereocenters. The van der Waals surface area contributed by atoms with Crippen LogP contribution in [-0.2, 0) is 6.54 Å². The number of rotatable bonds is 6. The zero-order chi connectivity index (χ0) is 19.2. The van der Waals surface area contributed by atoms with Crippen molar-refractivity contribution in [3.05, 3.63) is 66.2 Å². The molecule has 1 aliphatic carbocycles. The molecule has 7 heteroatoms. The highest BCUT2D eigenvalue weighted by molar-refractivity contribution is 5.92. The van der Waals surface area contributed by atoms with Crippen LogP contribution in [-0.4, -0.2) is 30.7 Å². The second-order valence-corrected chi connectivity index (χ2v) is 7.39. The number of aromatic nitrogens is 5. The quantitative estimate of drug-likeness (QED) is 0.666. The lowest BCUT2D eigenvalue weighted by Crippen LogP contribution is -2.31. The van der Waals surface area contributed by atoms with Gasteiger partial charge in [-0.15, -0.1) is 5.10 Å². The summed E-state index contributed by atoms with van der Waals surface area (Å²) in [6.07, 6.45) is 12.6. The molecule has 1 amide bonds. The molecule has 0 spiro atoms. The third-order valence-corrected chi connectivity index (χ3v) is 5.38. The van der Waals surface area contributed by atoms with Crippen molar-refractivity contribution in [1.29, 1.82) is 0 Å². The van der Waals surface area contributed by atoms with Crippen molar-refractivity contribution in [2.24, 2.45) is 0 Å². The molecular formula is C21H26N6O. The summed E-state index contributed by atoms with van der Waals surface area (Å²) in [5.74, 6) is -0.208. The van der Waals surface area contributed by atoms with Crippen molar-refractivity contribution in [2.45, 2.75) is 57.2 Å². The van der Waals surface area contributed by atoms with Crippen LogP contribution < -0.4 is 5.32 Å². The molecule has 1 saturated carbocycles. The van der Waals surface area contributed by atoms with Gasteiger partial charge in [-0.1, -0.05) is 61.2 Å². The number of nitrogens with one attached hydrogen (secondary N) is 1. The summed E-state index contributed by atoms with van der Waals surface area (Å²) in [6.45, 7) is 0.555. The van der Waals surface area contributed by atoms with E-state index >= 15 is 0 Å². The average molecular weight is 378 g/mol. The van der Waals surface area contributed by atoms with E-state index < -0.39 is 0 Å². The molecule has 0 radical (unpaired) electrons. The molecule has 4 rings (SSSR count). The Bertz CT molecular complexity index is 865. The molecular weight excluding hydrogens is 352 g/mol. The lowest BCUT2D eigenvalue weighted by molar-refractivity contribution is 0.0926. The summed E-state index contributed by atoms with van der Waals surface area (Å²) in [5.41, 5.74) is 1.40. The van der Waals surface area contributed by atoms with Gasteiger partial charge in [0, 0.05) is 12.4 Å². The standard InChI is InChI=1S/C21H26N6O/c28-21(20-16-27(25-24-20)18-11-6-1-2-7-12-18)23-19(15-26-14-8-13-22-26)17-9-4-3-5-10-17/h3-5,8-10,13-14,16,18-19H,1-2,6-7,11-12,15H2,(H,23,28). The van der Waals surface area contributed by atoms with Gasteiger partial charge in [0.15, 0.2) is 5.69 Å². The third kappa shape index (κ3) is 4.47. The second kappa shape index (κ2) is 8.82. The second-order valence-electron chi connectivity index (χ2n) is 7.39. The van der Waals surface area contributed by atoms with Crippen LogP contribution in [0.5, 0.6) is 0 Å². The first kappa shape index (κ1) is 18.4. The molecule has 3 aromatic rings. The van der Waals surface area contributed by atoms with Gasteiger partial charge in [0.25, 0.3) is 5.91 Å². The van der Waals surface area contributed by atoms with Gasteiger partial charge in [0.1, 0.15) is 0 Å². The Hall–Kier alpha value is -2.96. The number of carbonyl (C=O) groups is 1. The van der Waals surface area contributed by atoms with Crippen LogP contribution in [0.3, 0.4) is 0 Å². The van der Waals surface area contributed by atoms with Gasteiger partial charge in [-0.05, 0) is 24.5 Å². The first-order chi connectivity index (χ1) is 13.8. The van der Waals surface area contributed by atoms with Crippen molar-refractivity contribution in [2.75, 3.05) is 0 Å². The van der Waals surface area contributed by atoms with Crippen LogP contribution in [0.1, 0.15) is 66.7 Å². The zero-order valence-electron chi connectivity index (χ0n) is 15.9. The van der Waals surface area contributed by atoms with Gasteiger partial charge in [-0.3, -0.25) is 9.48 Å². The number of hydrogen-bond donors (Lipinski definition) is 1. The predicted molar refractivity (Wildman–Crippen MR) is 106 cm³/mol. The number of hydrogen-bond acceptors (Lipinski definition) is 4. The highest BCUT2D eigenvalue weighted by Crippen LogP contribution is 2.26. The molecule has 2 heterocycles. The summed E-state index contributed by atoms with van der Waals surface area (Å²) >= 11 is 0. The molecule has 1 aliphatic rings. The number of amides is 1. The molecule has 1 N–H and O–H groups in total. The first-order valence-corrected chi connectivity index (χ1v) is 10.0. The maximum Gasteiger partial charge on any atom is 0.274 e. The fourth-order valence-electron chi connectivity index (χ4n) is 3.83. The molecule has 0 saturated heterocycles. The van der Waals surface area contributed by atoms with Crippen molar-refractivity contribution in [3.63, 3.8) is 0 Å². The smallest absolute Gasteiger partial charge is 0.274 e. The minimum absolute atomic E-state index is 0.198. The van der Waals surface area contributed by atoms with E-state index in [0.717, 1.165) is 18.4 Å².